The zero-order valence-corrected chi connectivity index (χ0v) is 12.2. The first-order chi connectivity index (χ1) is 11.4. The minimum absolute atomic E-state index is 0.238. The summed E-state index contributed by atoms with van der Waals surface area (Å²) in [6.07, 6.45) is -3.62. The number of amides is 2. The Labute approximate surface area is 135 Å². The number of anilines is 1. The molecule has 0 bridgehead atoms. The number of nitrogens with zero attached hydrogens (tertiary/aromatic N) is 1. The van der Waals surface area contributed by atoms with E-state index in [1.165, 1.54) is 18.2 Å². The Hall–Kier alpha value is -3.09. The molecule has 2 aromatic rings. The first kappa shape index (κ1) is 15.8. The van der Waals surface area contributed by atoms with Crippen LogP contribution in [0, 0.1) is 0 Å². The largest absolute Gasteiger partial charge is 0.416 e. The Morgan fingerprint density at radius 3 is 2.21 bits per heavy atom. The van der Waals surface area contributed by atoms with Gasteiger partial charge in [-0.3, -0.25) is 15.0 Å². The van der Waals surface area contributed by atoms with Crippen molar-refractivity contribution in [2.75, 3.05) is 5.01 Å². The van der Waals surface area contributed by atoms with E-state index >= 15 is 0 Å². The second-order valence-electron chi connectivity index (χ2n) is 5.06. The number of hydrazine groups is 1. The van der Waals surface area contributed by atoms with Gasteiger partial charge in [-0.2, -0.15) is 13.2 Å². The third-order valence-electron chi connectivity index (χ3n) is 3.47. The lowest BCUT2D eigenvalue weighted by Gasteiger charge is -2.14. The van der Waals surface area contributed by atoms with Crippen molar-refractivity contribution in [2.24, 2.45) is 0 Å². The number of carbonyl (C=O) groups excluding carboxylic acids is 2. The molecule has 1 N–H and O–H groups in total. The van der Waals surface area contributed by atoms with Crippen LogP contribution in [0.4, 0.5) is 18.9 Å². The van der Waals surface area contributed by atoms with Gasteiger partial charge in [-0.25, -0.2) is 5.01 Å². The Bertz CT molecular complexity index is 829. The maximum atomic E-state index is 13.0. The van der Waals surface area contributed by atoms with Gasteiger partial charge >= 0.3 is 6.18 Å². The lowest BCUT2D eigenvalue weighted by atomic mass is 10.0. The van der Waals surface area contributed by atoms with E-state index < -0.39 is 23.6 Å². The van der Waals surface area contributed by atoms with Crippen molar-refractivity contribution >= 4 is 23.6 Å². The monoisotopic (exact) mass is 332 g/mol. The van der Waals surface area contributed by atoms with Crippen molar-refractivity contribution in [1.82, 2.24) is 5.43 Å². The fourth-order valence-electron chi connectivity index (χ4n) is 2.35. The molecule has 0 unspecified atom stereocenters. The summed E-state index contributed by atoms with van der Waals surface area (Å²) in [4.78, 5) is 24.4. The molecule has 0 spiro atoms. The number of alkyl halides is 3. The van der Waals surface area contributed by atoms with E-state index in [2.05, 4.69) is 5.43 Å². The highest BCUT2D eigenvalue weighted by atomic mass is 19.4. The lowest BCUT2D eigenvalue weighted by Crippen LogP contribution is -2.35. The predicted molar refractivity (Wildman–Crippen MR) is 81.5 cm³/mol. The van der Waals surface area contributed by atoms with Crippen LogP contribution in [0.1, 0.15) is 11.1 Å². The van der Waals surface area contributed by atoms with Gasteiger partial charge in [0, 0.05) is 0 Å². The molecule has 0 saturated carbocycles. The fourth-order valence-corrected chi connectivity index (χ4v) is 2.35. The Morgan fingerprint density at radius 2 is 1.54 bits per heavy atom. The summed E-state index contributed by atoms with van der Waals surface area (Å²) in [7, 11) is 0. The van der Waals surface area contributed by atoms with Crippen molar-refractivity contribution in [3.63, 3.8) is 0 Å². The van der Waals surface area contributed by atoms with Crippen molar-refractivity contribution in [1.29, 1.82) is 0 Å². The van der Waals surface area contributed by atoms with Crippen LogP contribution < -0.4 is 10.4 Å². The number of hydrogen-bond acceptors (Lipinski definition) is 2. The van der Waals surface area contributed by atoms with Gasteiger partial charge in [0.05, 0.1) is 11.3 Å². The summed E-state index contributed by atoms with van der Waals surface area (Å²) >= 11 is 0. The van der Waals surface area contributed by atoms with Gasteiger partial charge in [-0.1, -0.05) is 36.4 Å². The minimum Gasteiger partial charge on any atom is -0.267 e. The topological polar surface area (TPSA) is 49.4 Å². The van der Waals surface area contributed by atoms with E-state index in [-0.39, 0.29) is 11.1 Å². The summed E-state index contributed by atoms with van der Waals surface area (Å²) in [5.41, 5.74) is 1.27. The van der Waals surface area contributed by atoms with Crippen LogP contribution in [0.25, 0.3) is 6.08 Å². The number of rotatable bonds is 2. The molecule has 3 rings (SSSR count). The maximum absolute atomic E-state index is 13.0. The second kappa shape index (κ2) is 5.84. The van der Waals surface area contributed by atoms with Crippen molar-refractivity contribution in [2.45, 2.75) is 6.18 Å². The predicted octanol–water partition coefficient (Wildman–Crippen LogP) is 3.17. The summed E-state index contributed by atoms with van der Waals surface area (Å²) in [6, 6.07) is 13.1. The van der Waals surface area contributed by atoms with E-state index in [0.717, 1.165) is 17.2 Å². The molecule has 0 aromatic heterocycles. The van der Waals surface area contributed by atoms with Crippen LogP contribution in [0.3, 0.4) is 0 Å². The molecule has 1 fully saturated rings. The highest BCUT2D eigenvalue weighted by Gasteiger charge is 2.36. The van der Waals surface area contributed by atoms with E-state index in [1.54, 1.807) is 30.3 Å². The minimum atomic E-state index is -4.58. The van der Waals surface area contributed by atoms with E-state index in [4.69, 9.17) is 0 Å². The molecule has 0 radical (unpaired) electrons. The van der Waals surface area contributed by atoms with Gasteiger partial charge in [-0.15, -0.1) is 0 Å². The zero-order valence-electron chi connectivity index (χ0n) is 12.2. The molecule has 2 aromatic carbocycles. The standard InChI is InChI=1S/C17H11F3N2O2/c18-17(19,20)14-9-5-4-6-11(14)10-13-15(23)21-22(16(13)24)12-7-2-1-3-8-12/h1-10H,(H,21,23). The molecule has 2 amide bonds. The molecule has 4 nitrogen and oxygen atoms in total. The maximum Gasteiger partial charge on any atom is 0.416 e. The second-order valence-corrected chi connectivity index (χ2v) is 5.06. The van der Waals surface area contributed by atoms with Crippen LogP contribution in [-0.4, -0.2) is 11.8 Å². The SMILES string of the molecule is O=C1NN(c2ccccc2)C(=O)C1=Cc1ccccc1C(F)(F)F. The van der Waals surface area contributed by atoms with Crippen molar-refractivity contribution in [3.05, 3.63) is 71.3 Å². The van der Waals surface area contributed by atoms with Crippen molar-refractivity contribution in [3.8, 4) is 0 Å². The summed E-state index contributed by atoms with van der Waals surface area (Å²) in [6.45, 7) is 0. The third kappa shape index (κ3) is 2.88. The van der Waals surface area contributed by atoms with Crippen LogP contribution in [0.15, 0.2) is 60.2 Å². The van der Waals surface area contributed by atoms with Crippen LogP contribution in [0.2, 0.25) is 0 Å². The molecule has 7 heteroatoms. The number of carbonyl (C=O) groups is 2. The lowest BCUT2D eigenvalue weighted by molar-refractivity contribution is -0.137. The Morgan fingerprint density at radius 1 is 0.917 bits per heavy atom. The highest BCUT2D eigenvalue weighted by Crippen LogP contribution is 2.33. The van der Waals surface area contributed by atoms with Crippen LogP contribution >= 0.6 is 0 Å². The summed E-state index contributed by atoms with van der Waals surface area (Å²) in [5, 5.41) is 1.00. The van der Waals surface area contributed by atoms with Crippen LogP contribution in [-0.2, 0) is 15.8 Å². The average molecular weight is 332 g/mol. The molecule has 0 atom stereocenters. The molecule has 0 aliphatic carbocycles. The van der Waals surface area contributed by atoms with Gasteiger partial charge in [0.2, 0.25) is 0 Å². The smallest absolute Gasteiger partial charge is 0.267 e. The number of nitrogens with one attached hydrogen (secondary N) is 1. The fraction of sp³-hybridized carbons (Fsp3) is 0.0588. The molecular formula is C17H11F3N2O2. The molecule has 122 valence electrons. The quantitative estimate of drug-likeness (QED) is 0.678. The number of benzene rings is 2. The van der Waals surface area contributed by atoms with E-state index in [9.17, 15) is 22.8 Å². The third-order valence-corrected chi connectivity index (χ3v) is 3.47. The van der Waals surface area contributed by atoms with E-state index in [0.29, 0.717) is 5.69 Å². The normalized spacial score (nSPS) is 16.6. The molecule has 1 aliphatic heterocycles. The Balaban J connectivity index is 2.00. The van der Waals surface area contributed by atoms with E-state index in [1.807, 2.05) is 0 Å². The molecule has 1 heterocycles. The number of para-hydroxylation sites is 1. The molecular weight excluding hydrogens is 321 g/mol. The number of halogens is 3. The average Bonchev–Trinajstić information content (AvgIpc) is 2.83. The first-order valence-electron chi connectivity index (χ1n) is 6.96. The van der Waals surface area contributed by atoms with Gasteiger partial charge in [0.15, 0.2) is 0 Å². The van der Waals surface area contributed by atoms with Crippen molar-refractivity contribution < 1.29 is 22.8 Å². The highest BCUT2D eigenvalue weighted by molar-refractivity contribution is 6.31. The molecule has 24 heavy (non-hydrogen) atoms. The molecule has 1 saturated heterocycles. The summed E-state index contributed by atoms with van der Waals surface area (Å²) < 4.78 is 39.1. The Kier molecular flexibility index (Phi) is 3.84. The zero-order chi connectivity index (χ0) is 17.3. The summed E-state index contributed by atoms with van der Waals surface area (Å²) in [5.74, 6) is -1.45. The van der Waals surface area contributed by atoms with Crippen LogP contribution in [0.5, 0.6) is 0 Å². The first-order valence-corrected chi connectivity index (χ1v) is 6.96. The molecule has 1 aliphatic rings. The van der Waals surface area contributed by atoms with Gasteiger partial charge < -0.3 is 0 Å². The van der Waals surface area contributed by atoms with Gasteiger partial charge in [-0.05, 0) is 29.8 Å². The van der Waals surface area contributed by atoms with Gasteiger partial charge in [0.25, 0.3) is 11.8 Å². The number of hydrogen-bond donors (Lipinski definition) is 1. The van der Waals surface area contributed by atoms with Gasteiger partial charge in [0.1, 0.15) is 5.57 Å².